The average Bonchev–Trinajstić information content (AvgIpc) is 2.85. The molecular formula is C15H21NO2. The molecule has 1 aliphatic carbocycles. The summed E-state index contributed by atoms with van der Waals surface area (Å²) in [6, 6.07) is 6.84. The topological polar surface area (TPSA) is 38.3 Å². The molecule has 1 N–H and O–H groups in total. The summed E-state index contributed by atoms with van der Waals surface area (Å²) in [6.07, 6.45) is 5.25. The Labute approximate surface area is 109 Å². The molecule has 0 saturated heterocycles. The van der Waals surface area contributed by atoms with Gasteiger partial charge in [-0.1, -0.05) is 18.2 Å². The predicted octanol–water partition coefficient (Wildman–Crippen LogP) is 1.87. The maximum atomic E-state index is 10.9. The van der Waals surface area contributed by atoms with Crippen LogP contribution in [0, 0.1) is 0 Å². The number of fused-ring (bicyclic) bond motifs is 1. The molecule has 0 radical (unpaired) electrons. The van der Waals surface area contributed by atoms with E-state index in [2.05, 4.69) is 28.3 Å². The highest BCUT2D eigenvalue weighted by Gasteiger charge is 2.10. The van der Waals surface area contributed by atoms with Gasteiger partial charge >= 0.3 is 5.97 Å². The Kier molecular flexibility index (Phi) is 4.76. The van der Waals surface area contributed by atoms with Crippen LogP contribution in [0.5, 0.6) is 0 Å². The number of carbonyl (C=O) groups is 1. The van der Waals surface area contributed by atoms with Gasteiger partial charge in [0.15, 0.2) is 0 Å². The summed E-state index contributed by atoms with van der Waals surface area (Å²) in [4.78, 5) is 10.9. The van der Waals surface area contributed by atoms with Gasteiger partial charge in [-0.25, -0.2) is 0 Å². The van der Waals surface area contributed by atoms with Crippen molar-refractivity contribution < 1.29 is 9.53 Å². The Balaban J connectivity index is 1.69. The lowest BCUT2D eigenvalue weighted by Crippen LogP contribution is -2.21. The third-order valence-corrected chi connectivity index (χ3v) is 3.49. The van der Waals surface area contributed by atoms with E-state index in [1.54, 1.807) is 0 Å². The van der Waals surface area contributed by atoms with Gasteiger partial charge in [0.25, 0.3) is 0 Å². The fourth-order valence-corrected chi connectivity index (χ4v) is 2.43. The highest BCUT2D eigenvalue weighted by molar-refractivity contribution is 5.69. The molecule has 0 spiro atoms. The molecule has 0 bridgehead atoms. The third kappa shape index (κ3) is 3.57. The molecule has 98 valence electrons. The number of ether oxygens (including phenoxy) is 1. The molecule has 3 heteroatoms. The summed E-state index contributed by atoms with van der Waals surface area (Å²) in [5.41, 5.74) is 4.45. The maximum Gasteiger partial charge on any atom is 0.306 e. The molecule has 1 aromatic carbocycles. The van der Waals surface area contributed by atoms with Crippen molar-refractivity contribution in [3.8, 4) is 0 Å². The van der Waals surface area contributed by atoms with Crippen molar-refractivity contribution in [2.24, 2.45) is 0 Å². The van der Waals surface area contributed by atoms with Gasteiger partial charge in [-0.2, -0.15) is 0 Å². The van der Waals surface area contributed by atoms with Crippen LogP contribution in [0.15, 0.2) is 18.2 Å². The molecular weight excluding hydrogens is 226 g/mol. The number of carbonyl (C=O) groups excluding carboxylic acids is 1. The molecule has 0 aliphatic heterocycles. The molecule has 1 aromatic rings. The summed E-state index contributed by atoms with van der Waals surface area (Å²) in [5.74, 6) is -0.153. The van der Waals surface area contributed by atoms with Crippen LogP contribution in [0.1, 0.15) is 29.5 Å². The fourth-order valence-electron chi connectivity index (χ4n) is 2.43. The number of hydrogen-bond donors (Lipinski definition) is 1. The third-order valence-electron chi connectivity index (χ3n) is 3.49. The summed E-state index contributed by atoms with van der Waals surface area (Å²) in [6.45, 7) is 1.60. The maximum absolute atomic E-state index is 10.9. The Hall–Kier alpha value is -1.35. The van der Waals surface area contributed by atoms with Gasteiger partial charge in [0.1, 0.15) is 0 Å². The highest BCUT2D eigenvalue weighted by Crippen LogP contribution is 2.22. The Morgan fingerprint density at radius 2 is 2.11 bits per heavy atom. The van der Waals surface area contributed by atoms with Crippen molar-refractivity contribution in [1.82, 2.24) is 5.32 Å². The van der Waals surface area contributed by atoms with E-state index in [0.717, 1.165) is 13.0 Å². The second-order valence-corrected chi connectivity index (χ2v) is 4.78. The minimum absolute atomic E-state index is 0.153. The lowest BCUT2D eigenvalue weighted by molar-refractivity contribution is -0.140. The average molecular weight is 247 g/mol. The quantitative estimate of drug-likeness (QED) is 0.616. The minimum atomic E-state index is -0.153. The van der Waals surface area contributed by atoms with Crippen LogP contribution >= 0.6 is 0 Å². The van der Waals surface area contributed by atoms with Crippen molar-refractivity contribution in [3.63, 3.8) is 0 Å². The molecule has 0 fully saturated rings. The molecule has 0 saturated carbocycles. The van der Waals surface area contributed by atoms with Crippen LogP contribution in [0.2, 0.25) is 0 Å². The zero-order chi connectivity index (χ0) is 12.8. The van der Waals surface area contributed by atoms with Crippen molar-refractivity contribution in [1.29, 1.82) is 0 Å². The number of benzene rings is 1. The Morgan fingerprint density at radius 3 is 2.94 bits per heavy atom. The molecule has 3 nitrogen and oxygen atoms in total. The van der Waals surface area contributed by atoms with Gasteiger partial charge < -0.3 is 10.1 Å². The van der Waals surface area contributed by atoms with E-state index in [1.165, 1.54) is 43.1 Å². The van der Waals surface area contributed by atoms with E-state index in [0.29, 0.717) is 13.0 Å². The van der Waals surface area contributed by atoms with Crippen LogP contribution in [0.4, 0.5) is 0 Å². The lowest BCUT2D eigenvalue weighted by Gasteiger charge is -2.06. The number of aryl methyl sites for hydroxylation is 2. The number of esters is 1. The molecule has 0 heterocycles. The summed E-state index contributed by atoms with van der Waals surface area (Å²) in [7, 11) is 1.42. The van der Waals surface area contributed by atoms with E-state index in [9.17, 15) is 4.79 Å². The second kappa shape index (κ2) is 6.55. The van der Waals surface area contributed by atoms with Gasteiger partial charge in [-0.15, -0.1) is 0 Å². The normalized spacial score (nSPS) is 13.4. The smallest absolute Gasteiger partial charge is 0.306 e. The first-order valence-corrected chi connectivity index (χ1v) is 6.68. The van der Waals surface area contributed by atoms with E-state index < -0.39 is 0 Å². The second-order valence-electron chi connectivity index (χ2n) is 4.78. The molecule has 0 amide bonds. The SMILES string of the molecule is COC(=O)CCNCCc1ccc2c(c1)CCC2. The molecule has 0 aromatic heterocycles. The van der Waals surface area contributed by atoms with Gasteiger partial charge in [-0.3, -0.25) is 4.79 Å². The summed E-state index contributed by atoms with van der Waals surface area (Å²) in [5, 5.41) is 3.27. The van der Waals surface area contributed by atoms with Gasteiger partial charge in [-0.05, 0) is 48.9 Å². The monoisotopic (exact) mass is 247 g/mol. The van der Waals surface area contributed by atoms with Crippen LogP contribution < -0.4 is 5.32 Å². The fraction of sp³-hybridized carbons (Fsp3) is 0.533. The van der Waals surface area contributed by atoms with Crippen LogP contribution in [-0.2, 0) is 28.8 Å². The van der Waals surface area contributed by atoms with E-state index in [1.807, 2.05) is 0 Å². The molecule has 0 unspecified atom stereocenters. The number of nitrogens with one attached hydrogen (secondary N) is 1. The van der Waals surface area contributed by atoms with E-state index >= 15 is 0 Å². The molecule has 0 atom stereocenters. The van der Waals surface area contributed by atoms with Gasteiger partial charge in [0.2, 0.25) is 0 Å². The largest absolute Gasteiger partial charge is 0.469 e. The van der Waals surface area contributed by atoms with Crippen molar-refractivity contribution in [2.75, 3.05) is 20.2 Å². The first-order chi connectivity index (χ1) is 8.79. The highest BCUT2D eigenvalue weighted by atomic mass is 16.5. The number of methoxy groups -OCH3 is 1. The van der Waals surface area contributed by atoms with E-state index in [4.69, 9.17) is 0 Å². The van der Waals surface area contributed by atoms with Gasteiger partial charge in [0.05, 0.1) is 13.5 Å². The predicted molar refractivity (Wildman–Crippen MR) is 71.7 cm³/mol. The van der Waals surface area contributed by atoms with Crippen molar-refractivity contribution in [3.05, 3.63) is 34.9 Å². The van der Waals surface area contributed by atoms with Crippen LogP contribution in [0.25, 0.3) is 0 Å². The summed E-state index contributed by atoms with van der Waals surface area (Å²) >= 11 is 0. The zero-order valence-electron chi connectivity index (χ0n) is 11.0. The van der Waals surface area contributed by atoms with Crippen LogP contribution in [-0.4, -0.2) is 26.2 Å². The summed E-state index contributed by atoms with van der Waals surface area (Å²) < 4.78 is 4.59. The molecule has 2 rings (SSSR count). The minimum Gasteiger partial charge on any atom is -0.469 e. The van der Waals surface area contributed by atoms with E-state index in [-0.39, 0.29) is 5.97 Å². The zero-order valence-corrected chi connectivity index (χ0v) is 11.0. The number of rotatable bonds is 6. The first kappa shape index (κ1) is 13.1. The van der Waals surface area contributed by atoms with Crippen LogP contribution in [0.3, 0.4) is 0 Å². The standard InChI is InChI=1S/C15H21NO2/c1-18-15(17)8-10-16-9-7-12-5-6-13-3-2-4-14(13)11-12/h5-6,11,16H,2-4,7-10H2,1H3. The lowest BCUT2D eigenvalue weighted by atomic mass is 10.0. The van der Waals surface area contributed by atoms with Crippen molar-refractivity contribution >= 4 is 5.97 Å². The van der Waals surface area contributed by atoms with Gasteiger partial charge in [0, 0.05) is 6.54 Å². The van der Waals surface area contributed by atoms with Crippen molar-refractivity contribution in [2.45, 2.75) is 32.1 Å². The first-order valence-electron chi connectivity index (χ1n) is 6.68. The Bertz CT molecular complexity index is 415. The Morgan fingerprint density at radius 1 is 1.28 bits per heavy atom. The molecule has 1 aliphatic rings. The number of hydrogen-bond acceptors (Lipinski definition) is 3. The molecule has 18 heavy (non-hydrogen) atoms.